The topological polar surface area (TPSA) is 107 Å². The highest BCUT2D eigenvalue weighted by molar-refractivity contribution is 5.94. The fourth-order valence-corrected chi connectivity index (χ4v) is 2.98. The van der Waals surface area contributed by atoms with E-state index in [-0.39, 0.29) is 12.0 Å². The molecule has 1 heterocycles. The summed E-state index contributed by atoms with van der Waals surface area (Å²) in [6.07, 6.45) is 2.81. The summed E-state index contributed by atoms with van der Waals surface area (Å²) in [6, 6.07) is 5.61. The number of carbonyl (C=O) groups excluding carboxylic acids is 2. The summed E-state index contributed by atoms with van der Waals surface area (Å²) in [4.78, 5) is 22.7. The third kappa shape index (κ3) is 2.71. The fourth-order valence-electron chi connectivity index (χ4n) is 2.98. The Kier molecular flexibility index (Phi) is 3.33. The highest BCUT2D eigenvalue weighted by atomic mass is 16.5. The number of benzene rings is 1. The van der Waals surface area contributed by atoms with Gasteiger partial charge >= 0.3 is 0 Å². The molecule has 0 radical (unpaired) electrons. The molecule has 0 bridgehead atoms. The van der Waals surface area contributed by atoms with E-state index in [0.717, 1.165) is 17.0 Å². The van der Waals surface area contributed by atoms with Gasteiger partial charge in [0.1, 0.15) is 11.9 Å². The third-order valence-electron chi connectivity index (χ3n) is 4.27. The Morgan fingerprint density at radius 1 is 1.38 bits per heavy atom. The van der Waals surface area contributed by atoms with Gasteiger partial charge in [0.25, 0.3) is 0 Å². The number of nitrogens with one attached hydrogen (secondary N) is 1. The molecule has 2 atom stereocenters. The number of hydrogen-bond acceptors (Lipinski definition) is 4. The second-order valence-electron chi connectivity index (χ2n) is 5.87. The van der Waals surface area contributed by atoms with Crippen LogP contribution in [0.5, 0.6) is 5.75 Å². The zero-order valence-electron chi connectivity index (χ0n) is 11.7. The average molecular weight is 289 g/mol. The lowest BCUT2D eigenvalue weighted by molar-refractivity contribution is -0.123. The molecule has 2 aliphatic rings. The smallest absolute Gasteiger partial charge is 0.237 e. The van der Waals surface area contributed by atoms with Gasteiger partial charge in [-0.05, 0) is 43.0 Å². The lowest BCUT2D eigenvalue weighted by Crippen LogP contribution is -2.50. The molecule has 1 aromatic rings. The predicted molar refractivity (Wildman–Crippen MR) is 77.8 cm³/mol. The van der Waals surface area contributed by atoms with Crippen molar-refractivity contribution in [1.82, 2.24) is 0 Å². The van der Waals surface area contributed by atoms with E-state index in [0.29, 0.717) is 32.1 Å². The first kappa shape index (κ1) is 13.9. The number of rotatable bonds is 3. The molecule has 6 heteroatoms. The van der Waals surface area contributed by atoms with E-state index >= 15 is 0 Å². The average Bonchev–Trinajstić information content (AvgIpc) is 2.82. The summed E-state index contributed by atoms with van der Waals surface area (Å²) in [5.74, 6) is 0.312. The van der Waals surface area contributed by atoms with E-state index in [1.807, 2.05) is 18.2 Å². The summed E-state index contributed by atoms with van der Waals surface area (Å²) in [5, 5.41) is 2.83. The highest BCUT2D eigenvalue weighted by Crippen LogP contribution is 2.33. The van der Waals surface area contributed by atoms with Crippen LogP contribution in [0.3, 0.4) is 0 Å². The van der Waals surface area contributed by atoms with E-state index in [1.54, 1.807) is 0 Å². The molecule has 5 N–H and O–H groups in total. The summed E-state index contributed by atoms with van der Waals surface area (Å²) in [7, 11) is 0. The van der Waals surface area contributed by atoms with Gasteiger partial charge in [-0.1, -0.05) is 0 Å². The van der Waals surface area contributed by atoms with Gasteiger partial charge in [-0.25, -0.2) is 0 Å². The maximum atomic E-state index is 11.3. The fraction of sp³-hybridized carbons (Fsp3) is 0.467. The third-order valence-corrected chi connectivity index (χ3v) is 4.27. The second-order valence-corrected chi connectivity index (χ2v) is 5.87. The van der Waals surface area contributed by atoms with Crippen LogP contribution < -0.4 is 21.5 Å². The predicted octanol–water partition coefficient (Wildman–Crippen LogP) is 0.685. The van der Waals surface area contributed by atoms with Gasteiger partial charge in [-0.3, -0.25) is 9.59 Å². The number of fused-ring (bicyclic) bond motifs is 1. The zero-order valence-corrected chi connectivity index (χ0v) is 11.7. The molecule has 3 rings (SSSR count). The summed E-state index contributed by atoms with van der Waals surface area (Å²) in [6.45, 7) is 0. The molecule has 1 aromatic carbocycles. The number of ether oxygens (including phenoxy) is 1. The largest absolute Gasteiger partial charge is 0.490 e. The summed E-state index contributed by atoms with van der Waals surface area (Å²) < 4.78 is 5.91. The van der Waals surface area contributed by atoms with Crippen LogP contribution in [-0.4, -0.2) is 23.5 Å². The summed E-state index contributed by atoms with van der Waals surface area (Å²) >= 11 is 0. The van der Waals surface area contributed by atoms with Crippen molar-refractivity contribution in [2.24, 2.45) is 11.5 Å². The molecule has 21 heavy (non-hydrogen) atoms. The van der Waals surface area contributed by atoms with Crippen LogP contribution >= 0.6 is 0 Å². The Morgan fingerprint density at radius 2 is 2.19 bits per heavy atom. The van der Waals surface area contributed by atoms with Gasteiger partial charge in [0, 0.05) is 18.5 Å². The van der Waals surface area contributed by atoms with Gasteiger partial charge in [-0.15, -0.1) is 0 Å². The Bertz CT molecular complexity index is 602. The standard InChI is InChI=1S/C15H19N3O3/c16-14(20)15(17)6-5-11(8-15)21-10-2-3-12-9(7-10)1-4-13(19)18-12/h2-3,7,11H,1,4-6,8,17H2,(H2,16,20)(H,18,19). The lowest BCUT2D eigenvalue weighted by atomic mass is 9.98. The van der Waals surface area contributed by atoms with Crippen LogP contribution in [0, 0.1) is 0 Å². The number of hydrogen-bond donors (Lipinski definition) is 3. The molecule has 1 fully saturated rings. The van der Waals surface area contributed by atoms with Gasteiger partial charge in [0.05, 0.1) is 5.54 Å². The molecular formula is C15H19N3O3. The maximum absolute atomic E-state index is 11.3. The number of aryl methyl sites for hydroxylation is 1. The van der Waals surface area contributed by atoms with E-state index < -0.39 is 11.4 Å². The molecule has 1 aliphatic carbocycles. The van der Waals surface area contributed by atoms with Gasteiger partial charge < -0.3 is 21.5 Å². The van der Waals surface area contributed by atoms with Crippen LogP contribution in [0.25, 0.3) is 0 Å². The van der Waals surface area contributed by atoms with Crippen molar-refractivity contribution >= 4 is 17.5 Å². The Balaban J connectivity index is 1.69. The SMILES string of the molecule is NC(=O)C1(N)CCC(Oc2ccc3c(c2)CCC(=O)N3)C1. The number of anilines is 1. The first-order chi connectivity index (χ1) is 9.96. The van der Waals surface area contributed by atoms with Crippen LogP contribution in [0.2, 0.25) is 0 Å². The van der Waals surface area contributed by atoms with Crippen molar-refractivity contribution in [1.29, 1.82) is 0 Å². The Hall–Kier alpha value is -2.08. The molecule has 6 nitrogen and oxygen atoms in total. The van der Waals surface area contributed by atoms with Gasteiger partial charge in [0.15, 0.2) is 0 Å². The van der Waals surface area contributed by atoms with E-state index in [1.165, 1.54) is 0 Å². The van der Waals surface area contributed by atoms with Crippen molar-refractivity contribution in [3.05, 3.63) is 23.8 Å². The maximum Gasteiger partial charge on any atom is 0.237 e. The summed E-state index contributed by atoms with van der Waals surface area (Å²) in [5.41, 5.74) is 12.3. The molecule has 1 aliphatic heterocycles. The van der Waals surface area contributed by atoms with Crippen molar-refractivity contribution in [3.63, 3.8) is 0 Å². The monoisotopic (exact) mass is 289 g/mol. The number of amides is 2. The molecule has 2 unspecified atom stereocenters. The normalized spacial score (nSPS) is 27.9. The lowest BCUT2D eigenvalue weighted by Gasteiger charge is -2.21. The molecule has 112 valence electrons. The van der Waals surface area contributed by atoms with Crippen LogP contribution in [0.4, 0.5) is 5.69 Å². The van der Waals surface area contributed by atoms with Gasteiger partial charge in [0.2, 0.25) is 11.8 Å². The second kappa shape index (κ2) is 5.04. The minimum atomic E-state index is -0.952. The molecular weight excluding hydrogens is 270 g/mol. The van der Waals surface area contributed by atoms with Crippen molar-refractivity contribution in [2.75, 3.05) is 5.32 Å². The molecule has 0 aromatic heterocycles. The quantitative estimate of drug-likeness (QED) is 0.760. The Morgan fingerprint density at radius 3 is 2.90 bits per heavy atom. The zero-order chi connectivity index (χ0) is 15.0. The molecule has 0 spiro atoms. The number of carbonyl (C=O) groups is 2. The van der Waals surface area contributed by atoms with Crippen molar-refractivity contribution in [3.8, 4) is 5.75 Å². The first-order valence-electron chi connectivity index (χ1n) is 7.14. The highest BCUT2D eigenvalue weighted by Gasteiger charge is 2.41. The number of primary amides is 1. The van der Waals surface area contributed by atoms with Gasteiger partial charge in [-0.2, -0.15) is 0 Å². The van der Waals surface area contributed by atoms with Crippen molar-refractivity contribution < 1.29 is 14.3 Å². The molecule has 0 saturated heterocycles. The van der Waals surface area contributed by atoms with E-state index in [4.69, 9.17) is 16.2 Å². The minimum absolute atomic E-state index is 0.0429. The minimum Gasteiger partial charge on any atom is -0.490 e. The van der Waals surface area contributed by atoms with Crippen LogP contribution in [-0.2, 0) is 16.0 Å². The number of nitrogens with two attached hydrogens (primary N) is 2. The van der Waals surface area contributed by atoms with E-state index in [9.17, 15) is 9.59 Å². The van der Waals surface area contributed by atoms with Crippen molar-refractivity contribution in [2.45, 2.75) is 43.7 Å². The molecule has 2 amide bonds. The van der Waals surface area contributed by atoms with Crippen LogP contribution in [0.15, 0.2) is 18.2 Å². The van der Waals surface area contributed by atoms with Crippen LogP contribution in [0.1, 0.15) is 31.2 Å². The molecule has 1 saturated carbocycles. The van der Waals surface area contributed by atoms with E-state index in [2.05, 4.69) is 5.32 Å². The Labute approximate surface area is 122 Å². The first-order valence-corrected chi connectivity index (χ1v) is 7.14.